The van der Waals surface area contributed by atoms with Gasteiger partial charge in [0.2, 0.25) is 0 Å². The molecule has 0 radical (unpaired) electrons. The van der Waals surface area contributed by atoms with Gasteiger partial charge in [-0.05, 0) is 43.6 Å². The van der Waals surface area contributed by atoms with Crippen LogP contribution in [0.2, 0.25) is 0 Å². The van der Waals surface area contributed by atoms with Crippen LogP contribution in [0.25, 0.3) is 0 Å². The van der Waals surface area contributed by atoms with E-state index in [0.29, 0.717) is 17.4 Å². The van der Waals surface area contributed by atoms with E-state index >= 15 is 0 Å². The van der Waals surface area contributed by atoms with Gasteiger partial charge in [0, 0.05) is 19.7 Å². The highest BCUT2D eigenvalue weighted by Gasteiger charge is 2.16. The zero-order chi connectivity index (χ0) is 14.4. The summed E-state index contributed by atoms with van der Waals surface area (Å²) in [5, 5.41) is 0. The molecule has 0 amide bonds. The first-order chi connectivity index (χ1) is 9.72. The molecule has 1 aromatic rings. The summed E-state index contributed by atoms with van der Waals surface area (Å²) in [4.78, 5) is 13.5. The molecule has 0 aromatic heterocycles. The lowest BCUT2D eigenvalue weighted by atomic mass is 10.0. The van der Waals surface area contributed by atoms with E-state index in [0.717, 1.165) is 44.3 Å². The molecule has 1 fully saturated rings. The van der Waals surface area contributed by atoms with Crippen molar-refractivity contribution < 1.29 is 14.3 Å². The Kier molecular flexibility index (Phi) is 5.52. The summed E-state index contributed by atoms with van der Waals surface area (Å²) in [6.07, 6.45) is 2.89. The van der Waals surface area contributed by atoms with E-state index in [9.17, 15) is 4.79 Å². The Morgan fingerprint density at radius 2 is 2.15 bits per heavy atom. The number of nitrogens with two attached hydrogens (primary N) is 1. The Bertz CT molecular complexity index is 443. The maximum atomic E-state index is 11.1. The minimum atomic E-state index is 0.143. The molecule has 20 heavy (non-hydrogen) atoms. The molecule has 2 N–H and O–H groups in total. The number of carbonyl (C=O) groups is 1. The average Bonchev–Trinajstić information content (AvgIpc) is 2.48. The van der Waals surface area contributed by atoms with Gasteiger partial charge in [-0.25, -0.2) is 0 Å². The van der Waals surface area contributed by atoms with Crippen LogP contribution in [-0.2, 0) is 11.3 Å². The summed E-state index contributed by atoms with van der Waals surface area (Å²) in [7, 11) is 1.55. The molecule has 1 aliphatic rings. The van der Waals surface area contributed by atoms with Crippen LogP contribution in [0.4, 0.5) is 0 Å². The lowest BCUT2D eigenvalue weighted by Gasteiger charge is -2.30. The van der Waals surface area contributed by atoms with Gasteiger partial charge in [0.1, 0.15) is 5.75 Å². The van der Waals surface area contributed by atoms with Crippen LogP contribution in [0.1, 0.15) is 28.8 Å². The second-order valence-corrected chi connectivity index (χ2v) is 5.15. The van der Waals surface area contributed by atoms with E-state index in [4.69, 9.17) is 15.2 Å². The van der Waals surface area contributed by atoms with Crippen molar-refractivity contribution in [3.05, 3.63) is 29.3 Å². The highest BCUT2D eigenvalue weighted by molar-refractivity contribution is 5.79. The number of aldehydes is 1. The van der Waals surface area contributed by atoms with E-state index in [1.807, 2.05) is 18.2 Å². The van der Waals surface area contributed by atoms with Crippen molar-refractivity contribution in [2.75, 3.05) is 27.0 Å². The normalized spacial score (nSPS) is 17.1. The predicted molar refractivity (Wildman–Crippen MR) is 76.8 cm³/mol. The number of carbonyl (C=O) groups excluding carboxylic acids is 1. The lowest BCUT2D eigenvalue weighted by molar-refractivity contribution is 0.0505. The van der Waals surface area contributed by atoms with Crippen molar-refractivity contribution in [2.45, 2.75) is 25.4 Å². The first kappa shape index (κ1) is 15.0. The molecule has 5 heteroatoms. The molecule has 0 unspecified atom stereocenters. The van der Waals surface area contributed by atoms with Crippen molar-refractivity contribution >= 4 is 6.29 Å². The predicted octanol–water partition coefficient (Wildman–Crippen LogP) is 1.40. The zero-order valence-electron chi connectivity index (χ0n) is 11.9. The van der Waals surface area contributed by atoms with Crippen LogP contribution >= 0.6 is 0 Å². The number of hydrogen-bond donors (Lipinski definition) is 1. The second-order valence-electron chi connectivity index (χ2n) is 5.15. The van der Waals surface area contributed by atoms with E-state index < -0.39 is 0 Å². The van der Waals surface area contributed by atoms with Gasteiger partial charge < -0.3 is 15.2 Å². The fourth-order valence-electron chi connectivity index (χ4n) is 2.41. The Morgan fingerprint density at radius 1 is 1.40 bits per heavy atom. The van der Waals surface area contributed by atoms with Crippen LogP contribution < -0.4 is 10.5 Å². The Hall–Kier alpha value is -1.43. The molecule has 5 nitrogen and oxygen atoms in total. The SMILES string of the molecule is COCOc1ccc(CN2CCC(N)CC2)cc1C=O. The zero-order valence-corrected chi connectivity index (χ0v) is 11.9. The van der Waals surface area contributed by atoms with Gasteiger partial charge in [-0.15, -0.1) is 0 Å². The van der Waals surface area contributed by atoms with Crippen LogP contribution in [0.3, 0.4) is 0 Å². The number of benzene rings is 1. The van der Waals surface area contributed by atoms with Crippen molar-refractivity contribution in [1.82, 2.24) is 4.90 Å². The van der Waals surface area contributed by atoms with E-state index in [2.05, 4.69) is 4.90 Å². The number of ether oxygens (including phenoxy) is 2. The number of hydrogen-bond acceptors (Lipinski definition) is 5. The van der Waals surface area contributed by atoms with Gasteiger partial charge in [-0.2, -0.15) is 0 Å². The Morgan fingerprint density at radius 3 is 2.80 bits per heavy atom. The quantitative estimate of drug-likeness (QED) is 0.629. The molecule has 0 aliphatic carbocycles. The first-order valence-electron chi connectivity index (χ1n) is 6.90. The summed E-state index contributed by atoms with van der Waals surface area (Å²) in [5.41, 5.74) is 7.58. The van der Waals surface area contributed by atoms with Crippen LogP contribution in [0, 0.1) is 0 Å². The van der Waals surface area contributed by atoms with Crippen LogP contribution in [-0.4, -0.2) is 44.2 Å². The third kappa shape index (κ3) is 4.03. The Labute approximate surface area is 119 Å². The smallest absolute Gasteiger partial charge is 0.188 e. The van der Waals surface area contributed by atoms with Gasteiger partial charge in [0.15, 0.2) is 13.1 Å². The van der Waals surface area contributed by atoms with Crippen molar-refractivity contribution in [1.29, 1.82) is 0 Å². The summed E-state index contributed by atoms with van der Waals surface area (Å²) in [6, 6.07) is 6.04. The maximum Gasteiger partial charge on any atom is 0.188 e. The number of piperidine rings is 1. The highest BCUT2D eigenvalue weighted by atomic mass is 16.7. The van der Waals surface area contributed by atoms with Crippen molar-refractivity contribution in [3.8, 4) is 5.75 Å². The summed E-state index contributed by atoms with van der Waals surface area (Å²) in [6.45, 7) is 3.02. The maximum absolute atomic E-state index is 11.1. The van der Waals surface area contributed by atoms with Crippen LogP contribution in [0.15, 0.2) is 18.2 Å². The molecule has 0 saturated carbocycles. The molecule has 0 bridgehead atoms. The van der Waals surface area contributed by atoms with Gasteiger partial charge in [-0.1, -0.05) is 6.07 Å². The Balaban J connectivity index is 2.00. The number of nitrogens with zero attached hydrogens (tertiary/aromatic N) is 1. The standard InChI is InChI=1S/C15H22N2O3/c1-19-11-20-15-3-2-12(8-13(15)10-18)9-17-6-4-14(16)5-7-17/h2-3,8,10,14H,4-7,9,11,16H2,1H3. The average molecular weight is 278 g/mol. The third-order valence-corrected chi connectivity index (χ3v) is 3.57. The van der Waals surface area contributed by atoms with Gasteiger partial charge in [0.25, 0.3) is 0 Å². The fraction of sp³-hybridized carbons (Fsp3) is 0.533. The van der Waals surface area contributed by atoms with Crippen molar-refractivity contribution in [2.24, 2.45) is 5.73 Å². The van der Waals surface area contributed by atoms with E-state index in [1.54, 1.807) is 7.11 Å². The van der Waals surface area contributed by atoms with Gasteiger partial charge in [0.05, 0.1) is 5.56 Å². The summed E-state index contributed by atoms with van der Waals surface area (Å²) < 4.78 is 10.2. The third-order valence-electron chi connectivity index (χ3n) is 3.57. The van der Waals surface area contributed by atoms with Crippen molar-refractivity contribution in [3.63, 3.8) is 0 Å². The highest BCUT2D eigenvalue weighted by Crippen LogP contribution is 2.20. The number of rotatable bonds is 6. The topological polar surface area (TPSA) is 64.8 Å². The summed E-state index contributed by atoms with van der Waals surface area (Å²) in [5.74, 6) is 0.561. The monoisotopic (exact) mass is 278 g/mol. The number of likely N-dealkylation sites (tertiary alicyclic amines) is 1. The van der Waals surface area contributed by atoms with E-state index in [1.165, 1.54) is 0 Å². The lowest BCUT2D eigenvalue weighted by Crippen LogP contribution is -2.39. The molecular formula is C15H22N2O3. The fourth-order valence-corrected chi connectivity index (χ4v) is 2.41. The van der Waals surface area contributed by atoms with Gasteiger partial charge >= 0.3 is 0 Å². The van der Waals surface area contributed by atoms with Gasteiger partial charge in [-0.3, -0.25) is 9.69 Å². The molecular weight excluding hydrogens is 256 g/mol. The van der Waals surface area contributed by atoms with E-state index in [-0.39, 0.29) is 6.79 Å². The molecule has 0 spiro atoms. The minimum Gasteiger partial charge on any atom is -0.467 e. The minimum absolute atomic E-state index is 0.143. The number of methoxy groups -OCH3 is 1. The molecule has 1 heterocycles. The molecule has 2 rings (SSSR count). The summed E-state index contributed by atoms with van der Waals surface area (Å²) >= 11 is 0. The molecule has 1 aromatic carbocycles. The first-order valence-corrected chi connectivity index (χ1v) is 6.90. The molecule has 1 saturated heterocycles. The second kappa shape index (κ2) is 7.38. The molecule has 110 valence electrons. The largest absolute Gasteiger partial charge is 0.467 e. The molecule has 0 atom stereocenters. The molecule has 1 aliphatic heterocycles. The van der Waals surface area contributed by atoms with Crippen LogP contribution in [0.5, 0.6) is 5.75 Å².